The molecule has 0 saturated carbocycles. The largest absolute Gasteiger partial charge is 0.464 e. The number of fused-ring (bicyclic) bond motifs is 4. The third-order valence-electron chi connectivity index (χ3n) is 5.81. The molecule has 1 aromatic heterocycles. The van der Waals surface area contributed by atoms with Crippen LogP contribution in [0.5, 0.6) is 0 Å². The SMILES string of the molecule is Clc1ccc(-c2cc3ccccc3c3ccccc23)c(-c2coc3ccccc23)c1. The van der Waals surface area contributed by atoms with Crippen molar-refractivity contribution in [3.8, 4) is 22.3 Å². The Labute approximate surface area is 179 Å². The van der Waals surface area contributed by atoms with Crippen molar-refractivity contribution in [2.45, 2.75) is 0 Å². The van der Waals surface area contributed by atoms with Crippen molar-refractivity contribution in [1.82, 2.24) is 0 Å². The molecule has 1 nitrogen and oxygen atoms in total. The summed E-state index contributed by atoms with van der Waals surface area (Å²) in [6.45, 7) is 0. The monoisotopic (exact) mass is 404 g/mol. The number of hydrogen-bond donors (Lipinski definition) is 0. The quantitative estimate of drug-likeness (QED) is 0.263. The average Bonchev–Trinajstić information content (AvgIpc) is 3.23. The molecule has 0 aliphatic carbocycles. The van der Waals surface area contributed by atoms with E-state index in [1.807, 2.05) is 36.6 Å². The van der Waals surface area contributed by atoms with Crippen LogP contribution in [0.15, 0.2) is 108 Å². The van der Waals surface area contributed by atoms with Gasteiger partial charge in [0.15, 0.2) is 0 Å². The predicted octanol–water partition coefficient (Wildman–Crippen LogP) is 8.73. The third kappa shape index (κ3) is 2.63. The zero-order chi connectivity index (χ0) is 20.1. The van der Waals surface area contributed by atoms with Crippen molar-refractivity contribution < 1.29 is 4.42 Å². The minimum Gasteiger partial charge on any atom is -0.464 e. The number of halogens is 1. The predicted molar refractivity (Wildman–Crippen MR) is 127 cm³/mol. The first-order valence-corrected chi connectivity index (χ1v) is 10.3. The van der Waals surface area contributed by atoms with Gasteiger partial charge in [0, 0.05) is 16.0 Å². The molecule has 6 rings (SSSR count). The van der Waals surface area contributed by atoms with E-state index in [-0.39, 0.29) is 0 Å². The molecule has 0 bridgehead atoms. The van der Waals surface area contributed by atoms with Crippen LogP contribution in [0.3, 0.4) is 0 Å². The second-order valence-corrected chi connectivity index (χ2v) is 7.96. The van der Waals surface area contributed by atoms with E-state index in [0.29, 0.717) is 5.02 Å². The molecule has 0 amide bonds. The molecule has 30 heavy (non-hydrogen) atoms. The zero-order valence-electron chi connectivity index (χ0n) is 16.1. The lowest BCUT2D eigenvalue weighted by atomic mass is 9.89. The van der Waals surface area contributed by atoms with Gasteiger partial charge in [-0.3, -0.25) is 0 Å². The fourth-order valence-electron chi connectivity index (χ4n) is 4.44. The van der Waals surface area contributed by atoms with E-state index in [0.717, 1.165) is 27.7 Å². The summed E-state index contributed by atoms with van der Waals surface area (Å²) in [6.07, 6.45) is 1.84. The normalized spacial score (nSPS) is 11.5. The standard InChI is InChI=1S/C28H17ClO/c29-19-13-14-23(26(16-19)27-17-30-28-12-6-5-11-24(27)28)25-15-18-7-1-2-8-20(18)21-9-3-4-10-22(21)25/h1-17H. The van der Waals surface area contributed by atoms with Crippen LogP contribution in [0, 0.1) is 0 Å². The van der Waals surface area contributed by atoms with Gasteiger partial charge in [0.1, 0.15) is 5.58 Å². The van der Waals surface area contributed by atoms with Gasteiger partial charge in [-0.15, -0.1) is 0 Å². The molecule has 2 heteroatoms. The van der Waals surface area contributed by atoms with E-state index in [2.05, 4.69) is 66.7 Å². The first-order valence-electron chi connectivity index (χ1n) is 9.96. The Morgan fingerprint density at radius 1 is 0.500 bits per heavy atom. The molecule has 0 radical (unpaired) electrons. The molecular weight excluding hydrogens is 388 g/mol. The van der Waals surface area contributed by atoms with Crippen molar-refractivity contribution in [2.75, 3.05) is 0 Å². The summed E-state index contributed by atoms with van der Waals surface area (Å²) in [5.74, 6) is 0. The van der Waals surface area contributed by atoms with E-state index in [4.69, 9.17) is 16.0 Å². The summed E-state index contributed by atoms with van der Waals surface area (Å²) in [5, 5.41) is 6.77. The summed E-state index contributed by atoms with van der Waals surface area (Å²) in [4.78, 5) is 0. The Kier molecular flexibility index (Phi) is 3.90. The number of furan rings is 1. The van der Waals surface area contributed by atoms with E-state index in [1.165, 1.54) is 27.1 Å². The smallest absolute Gasteiger partial charge is 0.134 e. The molecule has 6 aromatic rings. The summed E-state index contributed by atoms with van der Waals surface area (Å²) in [5.41, 5.74) is 5.35. The Bertz CT molecular complexity index is 1560. The first-order chi connectivity index (χ1) is 14.8. The molecule has 0 saturated heterocycles. The van der Waals surface area contributed by atoms with Gasteiger partial charge in [-0.05, 0) is 62.5 Å². The molecule has 0 atom stereocenters. The molecule has 1 heterocycles. The van der Waals surface area contributed by atoms with Crippen molar-refractivity contribution in [2.24, 2.45) is 0 Å². The van der Waals surface area contributed by atoms with Crippen molar-refractivity contribution in [3.63, 3.8) is 0 Å². The van der Waals surface area contributed by atoms with Crippen LogP contribution >= 0.6 is 11.6 Å². The lowest BCUT2D eigenvalue weighted by Gasteiger charge is -2.15. The Morgan fingerprint density at radius 3 is 2.07 bits per heavy atom. The highest BCUT2D eigenvalue weighted by molar-refractivity contribution is 6.31. The minimum absolute atomic E-state index is 0.712. The highest BCUT2D eigenvalue weighted by Crippen LogP contribution is 2.42. The highest BCUT2D eigenvalue weighted by atomic mass is 35.5. The van der Waals surface area contributed by atoms with Gasteiger partial charge >= 0.3 is 0 Å². The van der Waals surface area contributed by atoms with Crippen molar-refractivity contribution in [1.29, 1.82) is 0 Å². The maximum absolute atomic E-state index is 6.46. The van der Waals surface area contributed by atoms with Crippen LogP contribution in [0.25, 0.3) is 54.8 Å². The highest BCUT2D eigenvalue weighted by Gasteiger charge is 2.16. The first kappa shape index (κ1) is 17.3. The molecule has 0 spiro atoms. The second kappa shape index (κ2) is 6.76. The zero-order valence-corrected chi connectivity index (χ0v) is 16.9. The maximum atomic E-state index is 6.46. The van der Waals surface area contributed by atoms with Crippen LogP contribution in [0.2, 0.25) is 5.02 Å². The van der Waals surface area contributed by atoms with Gasteiger partial charge in [-0.1, -0.05) is 84.4 Å². The Hall–Kier alpha value is -3.55. The maximum Gasteiger partial charge on any atom is 0.134 e. The van der Waals surface area contributed by atoms with Gasteiger partial charge in [0.25, 0.3) is 0 Å². The fraction of sp³-hybridized carbons (Fsp3) is 0. The number of hydrogen-bond acceptors (Lipinski definition) is 1. The van der Waals surface area contributed by atoms with Crippen LogP contribution in [0.1, 0.15) is 0 Å². The van der Waals surface area contributed by atoms with E-state index >= 15 is 0 Å². The van der Waals surface area contributed by atoms with Crippen LogP contribution < -0.4 is 0 Å². The van der Waals surface area contributed by atoms with Crippen molar-refractivity contribution in [3.05, 3.63) is 108 Å². The number of para-hydroxylation sites is 1. The Balaban J connectivity index is 1.73. The van der Waals surface area contributed by atoms with Gasteiger partial charge < -0.3 is 4.42 Å². The molecule has 0 N–H and O–H groups in total. The summed E-state index contributed by atoms with van der Waals surface area (Å²) < 4.78 is 5.85. The number of benzene rings is 5. The van der Waals surface area contributed by atoms with Crippen LogP contribution in [-0.4, -0.2) is 0 Å². The molecule has 0 unspecified atom stereocenters. The lowest BCUT2D eigenvalue weighted by molar-refractivity contribution is 0.617. The van der Waals surface area contributed by atoms with Gasteiger partial charge in [-0.25, -0.2) is 0 Å². The molecular formula is C28H17ClO. The molecule has 0 aliphatic rings. The minimum atomic E-state index is 0.712. The lowest BCUT2D eigenvalue weighted by Crippen LogP contribution is -1.88. The van der Waals surface area contributed by atoms with Gasteiger partial charge in [0.2, 0.25) is 0 Å². The van der Waals surface area contributed by atoms with E-state index in [1.54, 1.807) is 0 Å². The van der Waals surface area contributed by atoms with Crippen molar-refractivity contribution >= 4 is 44.1 Å². The van der Waals surface area contributed by atoms with Crippen LogP contribution in [-0.2, 0) is 0 Å². The summed E-state index contributed by atoms with van der Waals surface area (Å²) in [6, 6.07) is 33.7. The molecule has 5 aromatic carbocycles. The molecule has 0 fully saturated rings. The van der Waals surface area contributed by atoms with Gasteiger partial charge in [-0.2, -0.15) is 0 Å². The van der Waals surface area contributed by atoms with Crippen LogP contribution in [0.4, 0.5) is 0 Å². The second-order valence-electron chi connectivity index (χ2n) is 7.53. The summed E-state index contributed by atoms with van der Waals surface area (Å²) in [7, 11) is 0. The molecule has 142 valence electrons. The summed E-state index contributed by atoms with van der Waals surface area (Å²) >= 11 is 6.46. The topological polar surface area (TPSA) is 13.1 Å². The van der Waals surface area contributed by atoms with E-state index < -0.39 is 0 Å². The van der Waals surface area contributed by atoms with E-state index in [9.17, 15) is 0 Å². The fourth-order valence-corrected chi connectivity index (χ4v) is 4.61. The number of rotatable bonds is 2. The molecule has 0 aliphatic heterocycles. The third-order valence-corrected chi connectivity index (χ3v) is 6.05. The average molecular weight is 405 g/mol. The van der Waals surface area contributed by atoms with Gasteiger partial charge in [0.05, 0.1) is 6.26 Å². The Morgan fingerprint density at radius 2 is 1.20 bits per heavy atom.